The third-order valence-corrected chi connectivity index (χ3v) is 2.66. The maximum Gasteiger partial charge on any atom is 0.124 e. The van der Waals surface area contributed by atoms with Crippen molar-refractivity contribution in [1.29, 1.82) is 0 Å². The Labute approximate surface area is 97.2 Å². The van der Waals surface area contributed by atoms with Gasteiger partial charge in [0.25, 0.3) is 0 Å². The van der Waals surface area contributed by atoms with E-state index >= 15 is 0 Å². The first kappa shape index (κ1) is 10.6. The van der Waals surface area contributed by atoms with Crippen LogP contribution >= 0.6 is 15.9 Å². The van der Waals surface area contributed by atoms with Crippen molar-refractivity contribution in [2.45, 2.75) is 20.1 Å². The van der Waals surface area contributed by atoms with Crippen LogP contribution in [0.3, 0.4) is 0 Å². The van der Waals surface area contributed by atoms with Gasteiger partial charge in [-0.1, -0.05) is 22.9 Å². The van der Waals surface area contributed by atoms with Crippen LogP contribution in [0.1, 0.15) is 13.3 Å². The minimum absolute atomic E-state index is 0.570. The van der Waals surface area contributed by atoms with Crippen molar-refractivity contribution in [3.63, 3.8) is 0 Å². The highest BCUT2D eigenvalue weighted by atomic mass is 79.9. The van der Waals surface area contributed by atoms with Crippen molar-refractivity contribution in [1.82, 2.24) is 9.55 Å². The molecule has 0 aliphatic rings. The van der Waals surface area contributed by atoms with E-state index in [1.165, 1.54) is 0 Å². The van der Waals surface area contributed by atoms with Crippen molar-refractivity contribution < 1.29 is 4.74 Å². The molecule has 0 aliphatic carbocycles. The number of imidazole rings is 1. The minimum atomic E-state index is 0.570. The summed E-state index contributed by atoms with van der Waals surface area (Å²) in [5.41, 5.74) is 2.10. The van der Waals surface area contributed by atoms with Crippen molar-refractivity contribution >= 4 is 27.0 Å². The number of benzene rings is 1. The van der Waals surface area contributed by atoms with E-state index in [0.717, 1.165) is 28.5 Å². The average Bonchev–Trinajstić information content (AvgIpc) is 2.62. The molecule has 4 heteroatoms. The Bertz CT molecular complexity index is 453. The van der Waals surface area contributed by atoms with E-state index in [-0.39, 0.29) is 0 Å². The maximum atomic E-state index is 5.48. The van der Waals surface area contributed by atoms with Crippen LogP contribution in [0, 0.1) is 0 Å². The topological polar surface area (TPSA) is 27.1 Å². The first-order chi connectivity index (χ1) is 7.31. The van der Waals surface area contributed by atoms with Crippen LogP contribution in [0.25, 0.3) is 11.0 Å². The molecule has 15 heavy (non-hydrogen) atoms. The number of rotatable bonds is 4. The number of halogens is 1. The summed E-state index contributed by atoms with van der Waals surface area (Å²) in [6.07, 6.45) is 2.85. The molecule has 0 saturated carbocycles. The summed E-state index contributed by atoms with van der Waals surface area (Å²) in [4.78, 5) is 4.30. The molecule has 1 heterocycles. The number of ether oxygens (including phenoxy) is 1. The molecule has 0 atom stereocenters. The molecule has 0 unspecified atom stereocenters. The molecule has 0 aliphatic heterocycles. The van der Waals surface area contributed by atoms with E-state index in [0.29, 0.717) is 6.73 Å². The summed E-state index contributed by atoms with van der Waals surface area (Å²) < 4.78 is 8.55. The fourth-order valence-electron chi connectivity index (χ4n) is 1.44. The van der Waals surface area contributed by atoms with E-state index in [9.17, 15) is 0 Å². The summed E-state index contributed by atoms with van der Waals surface area (Å²) in [6.45, 7) is 3.46. The Morgan fingerprint density at radius 1 is 1.47 bits per heavy atom. The molecule has 2 aromatic rings. The first-order valence-electron chi connectivity index (χ1n) is 4.99. The Morgan fingerprint density at radius 3 is 3.13 bits per heavy atom. The van der Waals surface area contributed by atoms with Gasteiger partial charge in [0.05, 0.1) is 17.4 Å². The largest absolute Gasteiger partial charge is 0.361 e. The molecule has 0 N–H and O–H groups in total. The van der Waals surface area contributed by atoms with Crippen molar-refractivity contribution in [3.05, 3.63) is 29.0 Å². The van der Waals surface area contributed by atoms with Gasteiger partial charge in [-0.15, -0.1) is 0 Å². The highest BCUT2D eigenvalue weighted by Gasteiger charge is 2.02. The molecule has 1 aromatic carbocycles. The second kappa shape index (κ2) is 4.77. The molecule has 0 fully saturated rings. The quantitative estimate of drug-likeness (QED) is 0.797. The molecule has 0 amide bonds. The lowest BCUT2D eigenvalue weighted by Crippen LogP contribution is -2.01. The fourth-order valence-corrected chi connectivity index (χ4v) is 1.79. The molecule has 2 rings (SSSR count). The van der Waals surface area contributed by atoms with Crippen LogP contribution in [0.2, 0.25) is 0 Å². The molecule has 0 radical (unpaired) electrons. The zero-order chi connectivity index (χ0) is 10.7. The van der Waals surface area contributed by atoms with E-state index < -0.39 is 0 Å². The number of hydrogen-bond donors (Lipinski definition) is 0. The van der Waals surface area contributed by atoms with Crippen molar-refractivity contribution in [3.8, 4) is 0 Å². The maximum absolute atomic E-state index is 5.48. The van der Waals surface area contributed by atoms with Gasteiger partial charge in [-0.3, -0.25) is 0 Å². The predicted molar refractivity (Wildman–Crippen MR) is 63.7 cm³/mol. The van der Waals surface area contributed by atoms with Crippen molar-refractivity contribution in [2.24, 2.45) is 0 Å². The molecule has 0 bridgehead atoms. The zero-order valence-electron chi connectivity index (χ0n) is 8.61. The van der Waals surface area contributed by atoms with Crippen LogP contribution in [-0.2, 0) is 11.5 Å². The number of nitrogens with zero attached hydrogens (tertiary/aromatic N) is 2. The molecular formula is C11H13BrN2O. The van der Waals surface area contributed by atoms with Crippen LogP contribution < -0.4 is 0 Å². The summed E-state index contributed by atoms with van der Waals surface area (Å²) in [6, 6.07) is 6.04. The predicted octanol–water partition coefficient (Wildman–Crippen LogP) is 3.18. The molecule has 80 valence electrons. The number of hydrogen-bond acceptors (Lipinski definition) is 2. The third kappa shape index (κ3) is 2.38. The lowest BCUT2D eigenvalue weighted by atomic mass is 10.3. The average molecular weight is 269 g/mol. The van der Waals surface area contributed by atoms with Crippen LogP contribution in [0.4, 0.5) is 0 Å². The fraction of sp³-hybridized carbons (Fsp3) is 0.364. The van der Waals surface area contributed by atoms with E-state index in [2.05, 4.69) is 33.9 Å². The van der Waals surface area contributed by atoms with Gasteiger partial charge in [0, 0.05) is 11.1 Å². The second-order valence-corrected chi connectivity index (χ2v) is 4.30. The number of aromatic nitrogens is 2. The Morgan fingerprint density at radius 2 is 2.33 bits per heavy atom. The van der Waals surface area contributed by atoms with Gasteiger partial charge in [0.2, 0.25) is 0 Å². The van der Waals surface area contributed by atoms with Gasteiger partial charge in [0.1, 0.15) is 6.73 Å². The van der Waals surface area contributed by atoms with Crippen LogP contribution in [0.5, 0.6) is 0 Å². The zero-order valence-corrected chi connectivity index (χ0v) is 10.2. The molecule has 0 saturated heterocycles. The lowest BCUT2D eigenvalue weighted by molar-refractivity contribution is 0.0800. The normalized spacial score (nSPS) is 11.1. The highest BCUT2D eigenvalue weighted by Crippen LogP contribution is 2.18. The van der Waals surface area contributed by atoms with Crippen LogP contribution in [0.15, 0.2) is 29.0 Å². The smallest absolute Gasteiger partial charge is 0.124 e. The van der Waals surface area contributed by atoms with Gasteiger partial charge in [-0.05, 0) is 24.6 Å². The Balaban J connectivity index is 2.23. The van der Waals surface area contributed by atoms with Crippen LogP contribution in [-0.4, -0.2) is 16.2 Å². The summed E-state index contributed by atoms with van der Waals surface area (Å²) >= 11 is 3.45. The van der Waals surface area contributed by atoms with Gasteiger partial charge in [0.15, 0.2) is 0 Å². The SMILES string of the molecule is CCCOCn1cnc2ccc(Br)cc21. The van der Waals surface area contributed by atoms with Gasteiger partial charge in [-0.2, -0.15) is 0 Å². The van der Waals surface area contributed by atoms with E-state index in [1.54, 1.807) is 0 Å². The third-order valence-electron chi connectivity index (χ3n) is 2.16. The van der Waals surface area contributed by atoms with E-state index in [4.69, 9.17) is 4.74 Å². The Hall–Kier alpha value is -0.870. The standard InChI is InChI=1S/C11H13BrN2O/c1-2-5-15-8-14-7-13-10-4-3-9(12)6-11(10)14/h3-4,6-7H,2,5,8H2,1H3. The molecule has 0 spiro atoms. The minimum Gasteiger partial charge on any atom is -0.361 e. The van der Waals surface area contributed by atoms with E-state index in [1.807, 2.05) is 23.0 Å². The summed E-state index contributed by atoms with van der Waals surface area (Å²) in [7, 11) is 0. The highest BCUT2D eigenvalue weighted by molar-refractivity contribution is 9.10. The number of fused-ring (bicyclic) bond motifs is 1. The Kier molecular flexibility index (Phi) is 3.38. The molecular weight excluding hydrogens is 256 g/mol. The monoisotopic (exact) mass is 268 g/mol. The van der Waals surface area contributed by atoms with Crippen molar-refractivity contribution in [2.75, 3.05) is 6.61 Å². The van der Waals surface area contributed by atoms with Gasteiger partial charge in [-0.25, -0.2) is 4.98 Å². The summed E-state index contributed by atoms with van der Waals surface area (Å²) in [5, 5.41) is 0. The van der Waals surface area contributed by atoms with Gasteiger partial charge >= 0.3 is 0 Å². The molecule has 1 aromatic heterocycles. The molecule has 3 nitrogen and oxygen atoms in total. The second-order valence-electron chi connectivity index (χ2n) is 3.38. The van der Waals surface area contributed by atoms with Gasteiger partial charge < -0.3 is 9.30 Å². The first-order valence-corrected chi connectivity index (χ1v) is 5.78. The summed E-state index contributed by atoms with van der Waals surface area (Å²) in [5.74, 6) is 0. The lowest BCUT2D eigenvalue weighted by Gasteiger charge is -2.04.